The Bertz CT molecular complexity index is 852. The second-order valence-corrected chi connectivity index (χ2v) is 6.09. The largest absolute Gasteiger partial charge is 0.351 e. The van der Waals surface area contributed by atoms with Gasteiger partial charge in [0, 0.05) is 18.6 Å². The van der Waals surface area contributed by atoms with E-state index in [0.717, 1.165) is 5.56 Å². The number of nitrogens with zero attached hydrogens (tertiary/aromatic N) is 5. The van der Waals surface area contributed by atoms with E-state index in [-0.39, 0.29) is 11.7 Å². The number of benzene rings is 1. The molecule has 1 amide bonds. The summed E-state index contributed by atoms with van der Waals surface area (Å²) in [4.78, 5) is 20.3. The first-order chi connectivity index (χ1) is 11.1. The molecular formula is C14H13ClN6OS. The van der Waals surface area contributed by atoms with E-state index in [9.17, 15) is 4.79 Å². The number of rotatable bonds is 5. The van der Waals surface area contributed by atoms with Gasteiger partial charge in [0.05, 0.1) is 5.75 Å². The number of carbonyl (C=O) groups is 1. The lowest BCUT2D eigenvalue weighted by Gasteiger charge is -2.06. The zero-order valence-corrected chi connectivity index (χ0v) is 13.8. The van der Waals surface area contributed by atoms with Crippen molar-refractivity contribution in [1.29, 1.82) is 0 Å². The van der Waals surface area contributed by atoms with Gasteiger partial charge >= 0.3 is 0 Å². The lowest BCUT2D eigenvalue weighted by Crippen LogP contribution is -2.24. The van der Waals surface area contributed by atoms with Crippen LogP contribution >= 0.6 is 23.4 Å². The monoisotopic (exact) mass is 348 g/mol. The van der Waals surface area contributed by atoms with Crippen LogP contribution in [0, 0.1) is 0 Å². The van der Waals surface area contributed by atoms with Crippen LogP contribution in [0.15, 0.2) is 35.6 Å². The van der Waals surface area contributed by atoms with Crippen LogP contribution in [0.4, 0.5) is 0 Å². The highest BCUT2D eigenvalue weighted by atomic mass is 35.5. The molecule has 0 fully saturated rings. The number of amides is 1. The molecule has 0 aliphatic heterocycles. The fourth-order valence-electron chi connectivity index (χ4n) is 1.96. The lowest BCUT2D eigenvalue weighted by molar-refractivity contribution is -0.118. The van der Waals surface area contributed by atoms with Gasteiger partial charge in [-0.3, -0.25) is 4.79 Å². The summed E-state index contributed by atoms with van der Waals surface area (Å²) >= 11 is 7.36. The minimum atomic E-state index is -0.106. The Hall–Kier alpha value is -2.19. The third-order valence-corrected chi connectivity index (χ3v) is 4.48. The molecule has 7 nitrogen and oxygen atoms in total. The average molecular weight is 349 g/mol. The van der Waals surface area contributed by atoms with Crippen LogP contribution in [0.1, 0.15) is 5.56 Å². The van der Waals surface area contributed by atoms with Crippen LogP contribution in [0.5, 0.6) is 0 Å². The molecule has 0 radical (unpaired) electrons. The first kappa shape index (κ1) is 15.7. The molecule has 0 aliphatic rings. The molecule has 0 saturated heterocycles. The summed E-state index contributed by atoms with van der Waals surface area (Å²) in [5.41, 5.74) is 2.11. The van der Waals surface area contributed by atoms with Gasteiger partial charge in [-0.15, -0.1) is 5.10 Å². The van der Waals surface area contributed by atoms with Crippen molar-refractivity contribution in [3.05, 3.63) is 41.2 Å². The van der Waals surface area contributed by atoms with Gasteiger partial charge in [0.1, 0.15) is 11.4 Å². The molecule has 118 valence electrons. The van der Waals surface area contributed by atoms with Crippen molar-refractivity contribution < 1.29 is 4.79 Å². The molecule has 0 unspecified atom stereocenters. The van der Waals surface area contributed by atoms with Crippen LogP contribution in [-0.4, -0.2) is 36.6 Å². The molecule has 0 saturated carbocycles. The van der Waals surface area contributed by atoms with E-state index in [1.54, 1.807) is 17.8 Å². The second kappa shape index (κ2) is 6.93. The zero-order valence-electron chi connectivity index (χ0n) is 12.2. The van der Waals surface area contributed by atoms with Crippen LogP contribution in [0.3, 0.4) is 0 Å². The molecule has 2 heterocycles. The predicted molar refractivity (Wildman–Crippen MR) is 88.1 cm³/mol. The number of halogens is 1. The smallest absolute Gasteiger partial charge is 0.230 e. The number of carbonyl (C=O) groups excluding carboxylic acids is 1. The summed E-state index contributed by atoms with van der Waals surface area (Å²) in [5.74, 6) is 0.123. The highest BCUT2D eigenvalue weighted by Crippen LogP contribution is 2.21. The topological polar surface area (TPSA) is 85.6 Å². The van der Waals surface area contributed by atoms with Crippen LogP contribution in [0.25, 0.3) is 11.2 Å². The first-order valence-corrected chi connectivity index (χ1v) is 8.15. The SMILES string of the molecule is Cn1nnc2c(SCC(=O)NCc3ccccc3Cl)ncnc21. The van der Waals surface area contributed by atoms with Crippen molar-refractivity contribution in [3.63, 3.8) is 0 Å². The van der Waals surface area contributed by atoms with Gasteiger partial charge in [0.2, 0.25) is 5.91 Å². The van der Waals surface area contributed by atoms with Crippen LogP contribution in [-0.2, 0) is 18.4 Å². The van der Waals surface area contributed by atoms with Crippen molar-refractivity contribution in [3.8, 4) is 0 Å². The predicted octanol–water partition coefficient (Wildman–Crippen LogP) is 1.82. The molecule has 0 bridgehead atoms. The third-order valence-electron chi connectivity index (χ3n) is 3.13. The van der Waals surface area contributed by atoms with Crippen molar-refractivity contribution in [2.75, 3.05) is 5.75 Å². The Kier molecular flexibility index (Phi) is 4.73. The quantitative estimate of drug-likeness (QED) is 0.559. The Morgan fingerprint density at radius 3 is 3.00 bits per heavy atom. The number of nitrogens with one attached hydrogen (secondary N) is 1. The Morgan fingerprint density at radius 1 is 1.35 bits per heavy atom. The highest BCUT2D eigenvalue weighted by molar-refractivity contribution is 8.00. The van der Waals surface area contributed by atoms with E-state index in [4.69, 9.17) is 11.6 Å². The molecule has 0 atom stereocenters. The molecular weight excluding hydrogens is 336 g/mol. The minimum Gasteiger partial charge on any atom is -0.351 e. The van der Waals surface area contributed by atoms with E-state index < -0.39 is 0 Å². The van der Waals surface area contributed by atoms with E-state index in [1.165, 1.54) is 18.1 Å². The van der Waals surface area contributed by atoms with Crippen LogP contribution in [0.2, 0.25) is 5.02 Å². The number of fused-ring (bicyclic) bond motifs is 1. The molecule has 0 aliphatic carbocycles. The Balaban J connectivity index is 1.59. The summed E-state index contributed by atoms with van der Waals surface area (Å²) < 4.78 is 1.57. The summed E-state index contributed by atoms with van der Waals surface area (Å²) in [7, 11) is 1.76. The molecule has 3 aromatic rings. The summed E-state index contributed by atoms with van der Waals surface area (Å²) in [6.45, 7) is 0.392. The maximum absolute atomic E-state index is 12.0. The molecule has 1 aromatic carbocycles. The molecule has 23 heavy (non-hydrogen) atoms. The fraction of sp³-hybridized carbons (Fsp3) is 0.214. The number of thioether (sulfide) groups is 1. The Labute approximate surface area is 141 Å². The Morgan fingerprint density at radius 2 is 2.17 bits per heavy atom. The first-order valence-electron chi connectivity index (χ1n) is 6.78. The normalized spacial score (nSPS) is 10.9. The van der Waals surface area contributed by atoms with E-state index in [2.05, 4.69) is 25.6 Å². The molecule has 3 rings (SSSR count). The lowest BCUT2D eigenvalue weighted by atomic mass is 10.2. The number of aryl methyl sites for hydroxylation is 1. The third kappa shape index (κ3) is 3.59. The summed E-state index contributed by atoms with van der Waals surface area (Å²) in [6, 6.07) is 7.41. The molecule has 2 aromatic heterocycles. The molecule has 0 spiro atoms. The minimum absolute atomic E-state index is 0.106. The number of hydrogen-bond donors (Lipinski definition) is 1. The number of aromatic nitrogens is 5. The van der Waals surface area contributed by atoms with Gasteiger partial charge in [-0.2, -0.15) is 0 Å². The van der Waals surface area contributed by atoms with E-state index in [0.29, 0.717) is 27.8 Å². The maximum Gasteiger partial charge on any atom is 0.230 e. The zero-order chi connectivity index (χ0) is 16.2. The van der Waals surface area contributed by atoms with Crippen molar-refractivity contribution in [2.45, 2.75) is 11.6 Å². The van der Waals surface area contributed by atoms with Crippen molar-refractivity contribution >= 4 is 40.4 Å². The van der Waals surface area contributed by atoms with Gasteiger partial charge < -0.3 is 5.32 Å². The van der Waals surface area contributed by atoms with Crippen LogP contribution < -0.4 is 5.32 Å². The molecule has 9 heteroatoms. The fourth-order valence-corrected chi connectivity index (χ4v) is 2.92. The summed E-state index contributed by atoms with van der Waals surface area (Å²) in [5, 5.41) is 12.0. The average Bonchev–Trinajstić information content (AvgIpc) is 2.94. The van der Waals surface area contributed by atoms with Gasteiger partial charge in [-0.05, 0) is 11.6 Å². The van der Waals surface area contributed by atoms with Gasteiger partial charge in [-0.1, -0.05) is 46.8 Å². The van der Waals surface area contributed by atoms with Gasteiger partial charge in [0.25, 0.3) is 0 Å². The maximum atomic E-state index is 12.0. The van der Waals surface area contributed by atoms with E-state index >= 15 is 0 Å². The van der Waals surface area contributed by atoms with Gasteiger partial charge in [-0.25, -0.2) is 14.6 Å². The van der Waals surface area contributed by atoms with Crippen molar-refractivity contribution in [2.24, 2.45) is 7.05 Å². The standard InChI is InChI=1S/C14H13ClN6OS/c1-21-13-12(19-20-21)14(18-8-17-13)23-7-11(22)16-6-9-4-2-3-5-10(9)15/h2-5,8H,6-7H2,1H3,(H,16,22). The number of hydrogen-bond acceptors (Lipinski definition) is 6. The summed E-state index contributed by atoms with van der Waals surface area (Å²) in [6.07, 6.45) is 1.44. The second-order valence-electron chi connectivity index (χ2n) is 4.72. The van der Waals surface area contributed by atoms with E-state index in [1.807, 2.05) is 18.2 Å². The van der Waals surface area contributed by atoms with Crippen molar-refractivity contribution in [1.82, 2.24) is 30.3 Å². The van der Waals surface area contributed by atoms with Gasteiger partial charge in [0.15, 0.2) is 11.2 Å². The highest BCUT2D eigenvalue weighted by Gasteiger charge is 2.12. The molecule has 1 N–H and O–H groups in total.